The first kappa shape index (κ1) is 31.3. The molecule has 0 amide bonds. The van der Waals surface area contributed by atoms with Crippen LogP contribution in [0, 0.1) is 0 Å². The highest BCUT2D eigenvalue weighted by Gasteiger charge is 2.32. The van der Waals surface area contributed by atoms with E-state index in [1.165, 1.54) is 38.3 Å². The Kier molecular flexibility index (Phi) is 10.1. The van der Waals surface area contributed by atoms with E-state index in [1.54, 1.807) is 65.8 Å². The van der Waals surface area contributed by atoms with E-state index in [9.17, 15) is 18.0 Å². The Morgan fingerprint density at radius 2 is 1.37 bits per heavy atom. The number of ether oxygens (including phenoxy) is 3. The molecule has 38 heavy (non-hydrogen) atoms. The van der Waals surface area contributed by atoms with Crippen molar-refractivity contribution in [2.75, 3.05) is 7.11 Å². The molecule has 1 N–H and O–H groups in total. The molecular weight excluding hydrogens is 574 g/mol. The topological polar surface area (TPSA) is 108 Å². The third kappa shape index (κ3) is 9.44. The summed E-state index contributed by atoms with van der Waals surface area (Å²) in [6.45, 7) is 11.6. The van der Waals surface area contributed by atoms with Gasteiger partial charge in [0.25, 0.3) is 0 Å². The average Bonchev–Trinajstić information content (AvgIpc) is 2.79. The van der Waals surface area contributed by atoms with Crippen LogP contribution in [0.4, 0.5) is 0 Å². The Bertz CT molecular complexity index is 1330. The zero-order chi connectivity index (χ0) is 28.9. The van der Waals surface area contributed by atoms with Crippen molar-refractivity contribution in [3.8, 4) is 5.75 Å². The largest absolute Gasteiger partial charge is 0.497 e. The number of halogens is 1. The normalized spacial score (nSPS) is 12.7. The van der Waals surface area contributed by atoms with Gasteiger partial charge in [-0.25, -0.2) is 18.0 Å². The highest BCUT2D eigenvalue weighted by molar-refractivity contribution is 9.10. The molecule has 8 nitrogen and oxygen atoms in total. The van der Waals surface area contributed by atoms with Crippen LogP contribution in [0.5, 0.6) is 5.75 Å². The lowest BCUT2D eigenvalue weighted by Crippen LogP contribution is -2.34. The zero-order valence-electron chi connectivity index (χ0n) is 22.8. The van der Waals surface area contributed by atoms with E-state index in [-0.39, 0.29) is 16.0 Å². The monoisotopic (exact) mass is 607 g/mol. The predicted octanol–water partition coefficient (Wildman–Crippen LogP) is 5.63. The number of esters is 2. The van der Waals surface area contributed by atoms with Crippen LogP contribution in [0.3, 0.4) is 0 Å². The van der Waals surface area contributed by atoms with Gasteiger partial charge in [0.05, 0.1) is 23.6 Å². The van der Waals surface area contributed by atoms with Crippen molar-refractivity contribution < 1.29 is 32.2 Å². The molecule has 206 valence electrons. The van der Waals surface area contributed by atoms with Crippen molar-refractivity contribution in [2.24, 2.45) is 0 Å². The van der Waals surface area contributed by atoms with E-state index >= 15 is 0 Å². The van der Waals surface area contributed by atoms with Gasteiger partial charge in [-0.05, 0) is 90.4 Å². The van der Waals surface area contributed by atoms with Gasteiger partial charge in [-0.3, -0.25) is 0 Å². The summed E-state index contributed by atoms with van der Waals surface area (Å²) >= 11 is 3.37. The molecule has 0 spiro atoms. The molecule has 0 aliphatic rings. The fraction of sp³-hybridized carbons (Fsp3) is 0.393. The molecule has 0 heterocycles. The minimum absolute atomic E-state index is 0.0217. The Balaban J connectivity index is 2.76. The summed E-state index contributed by atoms with van der Waals surface area (Å²) in [4.78, 5) is 26.1. The van der Waals surface area contributed by atoms with Gasteiger partial charge in [0.2, 0.25) is 10.0 Å². The van der Waals surface area contributed by atoms with E-state index in [0.29, 0.717) is 11.3 Å². The summed E-state index contributed by atoms with van der Waals surface area (Å²) in [5, 5.41) is 0. The number of methoxy groups -OCH3 is 1. The molecule has 10 heteroatoms. The van der Waals surface area contributed by atoms with Gasteiger partial charge in [0.1, 0.15) is 22.5 Å². The molecule has 2 rings (SSSR count). The first-order chi connectivity index (χ1) is 17.4. The Morgan fingerprint density at radius 1 is 0.868 bits per heavy atom. The van der Waals surface area contributed by atoms with Crippen LogP contribution in [0.15, 0.2) is 74.8 Å². The number of hydrogen-bond acceptors (Lipinski definition) is 7. The smallest absolute Gasteiger partial charge is 0.344 e. The van der Waals surface area contributed by atoms with E-state index in [1.807, 2.05) is 0 Å². The zero-order valence-corrected chi connectivity index (χ0v) is 25.2. The second-order valence-corrected chi connectivity index (χ2v) is 13.1. The lowest BCUT2D eigenvalue weighted by molar-refractivity contribution is -0.150. The lowest BCUT2D eigenvalue weighted by atomic mass is 9.99. The van der Waals surface area contributed by atoms with E-state index in [4.69, 9.17) is 14.2 Å². The Morgan fingerprint density at radius 3 is 1.84 bits per heavy atom. The fourth-order valence-electron chi connectivity index (χ4n) is 3.11. The Hall–Kier alpha value is -2.91. The molecule has 0 aliphatic carbocycles. The van der Waals surface area contributed by atoms with Gasteiger partial charge in [-0.1, -0.05) is 33.8 Å². The summed E-state index contributed by atoms with van der Waals surface area (Å²) in [5.41, 5.74) is 1.31. The van der Waals surface area contributed by atoms with Gasteiger partial charge < -0.3 is 14.2 Å². The van der Waals surface area contributed by atoms with Crippen molar-refractivity contribution >= 4 is 37.9 Å². The van der Waals surface area contributed by atoms with Crippen molar-refractivity contribution in [3.05, 3.63) is 75.4 Å². The van der Waals surface area contributed by atoms with E-state index in [2.05, 4.69) is 26.4 Å². The molecule has 0 aliphatic heterocycles. The number of rotatable bonds is 8. The van der Waals surface area contributed by atoms with Crippen LogP contribution in [0.2, 0.25) is 0 Å². The third-order valence-electron chi connectivity index (χ3n) is 4.78. The molecule has 1 atom stereocenters. The van der Waals surface area contributed by atoms with E-state index < -0.39 is 39.2 Å². The highest BCUT2D eigenvalue weighted by Crippen LogP contribution is 2.29. The quantitative estimate of drug-likeness (QED) is 0.235. The van der Waals surface area contributed by atoms with Crippen LogP contribution < -0.4 is 9.46 Å². The standard InChI is InChI=1S/C28H34BrNO7S/c1-18(25(31)36-27(2,3)4)17-23(26(32)37-28(5,6)7)24(19-9-11-20(29)12-10-19)30-38(33,34)22-15-13-21(35-8)14-16-22/h9-16,24,30H,1-8H3/t17?,24-/m1/s1. The number of nitrogens with one attached hydrogen (secondary N) is 1. The van der Waals surface area contributed by atoms with Crippen molar-refractivity contribution in [2.45, 2.75) is 70.6 Å². The molecule has 2 aromatic carbocycles. The summed E-state index contributed by atoms with van der Waals surface area (Å²) in [6.07, 6.45) is 0. The maximum absolute atomic E-state index is 13.4. The maximum Gasteiger partial charge on any atom is 0.344 e. The number of carbonyl (C=O) groups is 2. The minimum Gasteiger partial charge on any atom is -0.497 e. The van der Waals surface area contributed by atoms with Crippen LogP contribution in [-0.2, 0) is 29.1 Å². The average molecular weight is 609 g/mol. The first-order valence-corrected chi connectivity index (χ1v) is 14.1. The summed E-state index contributed by atoms with van der Waals surface area (Å²) in [7, 11) is -2.69. The second-order valence-electron chi connectivity index (χ2n) is 10.4. The molecule has 0 aromatic heterocycles. The van der Waals surface area contributed by atoms with Crippen molar-refractivity contribution in [3.63, 3.8) is 0 Å². The molecule has 0 unspecified atom stereocenters. The molecule has 0 saturated carbocycles. The van der Waals surface area contributed by atoms with Gasteiger partial charge in [0, 0.05) is 4.47 Å². The van der Waals surface area contributed by atoms with Gasteiger partial charge in [-0.15, -0.1) is 0 Å². The summed E-state index contributed by atoms with van der Waals surface area (Å²) in [5.74, 6) is -1.06. The molecule has 0 fully saturated rings. The minimum atomic E-state index is -4.16. The number of carbonyl (C=O) groups excluding carboxylic acids is 2. The third-order valence-corrected chi connectivity index (χ3v) is 6.75. The molecule has 0 saturated heterocycles. The second kappa shape index (κ2) is 12.3. The van der Waals surface area contributed by atoms with Crippen LogP contribution in [-0.4, -0.2) is 38.7 Å². The maximum atomic E-state index is 13.4. The van der Waals surface area contributed by atoms with Gasteiger partial charge >= 0.3 is 11.9 Å². The SMILES string of the molecule is COc1ccc(S(=O)(=O)N[C@@H](C(=C=C(C)C(=O)OC(C)(C)C)C(=O)OC(C)(C)C)c2ccc(Br)cc2)cc1. The number of benzene rings is 2. The van der Waals surface area contributed by atoms with Crippen LogP contribution >= 0.6 is 15.9 Å². The molecule has 0 radical (unpaired) electrons. The van der Waals surface area contributed by atoms with E-state index in [0.717, 1.165) is 4.47 Å². The Labute approximate surface area is 233 Å². The number of hydrogen-bond donors (Lipinski definition) is 1. The van der Waals surface area contributed by atoms with Crippen LogP contribution in [0.1, 0.15) is 60.1 Å². The van der Waals surface area contributed by atoms with Gasteiger partial charge in [-0.2, -0.15) is 4.72 Å². The lowest BCUT2D eigenvalue weighted by Gasteiger charge is -2.25. The molecule has 2 aromatic rings. The summed E-state index contributed by atoms with van der Waals surface area (Å²) < 4.78 is 46.4. The van der Waals surface area contributed by atoms with Crippen molar-refractivity contribution in [1.82, 2.24) is 4.72 Å². The van der Waals surface area contributed by atoms with Crippen molar-refractivity contribution in [1.29, 1.82) is 0 Å². The predicted molar refractivity (Wildman–Crippen MR) is 148 cm³/mol. The first-order valence-electron chi connectivity index (χ1n) is 11.8. The summed E-state index contributed by atoms with van der Waals surface area (Å²) in [6, 6.07) is 11.3. The highest BCUT2D eigenvalue weighted by atomic mass is 79.9. The fourth-order valence-corrected chi connectivity index (χ4v) is 4.57. The number of sulfonamides is 1. The van der Waals surface area contributed by atoms with Gasteiger partial charge in [0.15, 0.2) is 0 Å². The van der Waals surface area contributed by atoms with Crippen LogP contribution in [0.25, 0.3) is 0 Å². The molecular formula is C28H34BrNO7S. The molecule has 0 bridgehead atoms.